The Balaban J connectivity index is 0.000000151. The van der Waals surface area contributed by atoms with Crippen molar-refractivity contribution < 1.29 is 13.5 Å². The number of fused-ring (bicyclic) bond motifs is 1. The molecule has 3 aromatic heterocycles. The van der Waals surface area contributed by atoms with Crippen LogP contribution in [0.2, 0.25) is 0 Å². The van der Waals surface area contributed by atoms with Crippen molar-refractivity contribution in [3.05, 3.63) is 65.0 Å². The first-order valence-electron chi connectivity index (χ1n) is 12.0. The van der Waals surface area contributed by atoms with Crippen molar-refractivity contribution in [1.82, 2.24) is 29.7 Å². The molecule has 1 saturated heterocycles. The monoisotopic (exact) mass is 478 g/mol. The van der Waals surface area contributed by atoms with Crippen molar-refractivity contribution in [2.24, 2.45) is 7.05 Å². The van der Waals surface area contributed by atoms with Crippen LogP contribution in [0, 0.1) is 25.5 Å². The fourth-order valence-electron chi connectivity index (χ4n) is 4.28. The van der Waals surface area contributed by atoms with Crippen LogP contribution in [-0.4, -0.2) is 36.3 Å². The molecule has 6 rings (SSSR count). The summed E-state index contributed by atoms with van der Waals surface area (Å²) in [5.41, 5.74) is 5.30. The van der Waals surface area contributed by atoms with Gasteiger partial charge in [0.05, 0.1) is 28.9 Å². The Morgan fingerprint density at radius 1 is 0.971 bits per heavy atom. The van der Waals surface area contributed by atoms with Crippen LogP contribution in [0.4, 0.5) is 8.78 Å². The summed E-state index contributed by atoms with van der Waals surface area (Å²) in [6, 6.07) is 5.59. The zero-order valence-corrected chi connectivity index (χ0v) is 20.1. The van der Waals surface area contributed by atoms with Crippen molar-refractivity contribution in [1.29, 1.82) is 0 Å². The van der Waals surface area contributed by atoms with E-state index < -0.39 is 11.6 Å². The average Bonchev–Trinajstić information content (AvgIpc) is 3.62. The molecule has 0 radical (unpaired) electrons. The molecule has 1 aliphatic carbocycles. The Labute approximate surface area is 202 Å². The Morgan fingerprint density at radius 3 is 2.49 bits per heavy atom. The number of hydrogen-bond acceptors (Lipinski definition) is 6. The molecule has 4 heterocycles. The van der Waals surface area contributed by atoms with E-state index in [4.69, 9.17) is 4.74 Å². The Bertz CT molecular complexity index is 1360. The van der Waals surface area contributed by atoms with Gasteiger partial charge in [0.1, 0.15) is 29.2 Å². The fourth-order valence-corrected chi connectivity index (χ4v) is 4.28. The van der Waals surface area contributed by atoms with Crippen LogP contribution in [0.1, 0.15) is 66.9 Å². The Hall–Kier alpha value is -3.33. The lowest BCUT2D eigenvalue weighted by Crippen LogP contribution is -2.14. The number of hydrogen-bond donors (Lipinski definition) is 0. The Morgan fingerprint density at radius 2 is 1.77 bits per heavy atom. The molecule has 9 heteroatoms. The first-order chi connectivity index (χ1) is 16.9. The van der Waals surface area contributed by atoms with Gasteiger partial charge in [0.25, 0.3) is 0 Å². The number of aromatic nitrogens is 6. The van der Waals surface area contributed by atoms with Crippen LogP contribution in [0.15, 0.2) is 30.6 Å². The highest BCUT2D eigenvalue weighted by molar-refractivity contribution is 5.86. The first-order valence-corrected chi connectivity index (χ1v) is 12.0. The van der Waals surface area contributed by atoms with E-state index in [2.05, 4.69) is 31.1 Å². The minimum atomic E-state index is -0.690. The third kappa shape index (κ3) is 5.05. The van der Waals surface area contributed by atoms with Gasteiger partial charge in [0.2, 0.25) is 0 Å². The van der Waals surface area contributed by atoms with Gasteiger partial charge in [-0.2, -0.15) is 5.10 Å². The van der Waals surface area contributed by atoms with E-state index >= 15 is 0 Å². The van der Waals surface area contributed by atoms with E-state index in [0.29, 0.717) is 23.0 Å². The largest absolute Gasteiger partial charge is 0.372 e. The minimum absolute atomic E-state index is 0.177. The summed E-state index contributed by atoms with van der Waals surface area (Å²) < 4.78 is 34.7. The first kappa shape index (κ1) is 23.4. The zero-order valence-electron chi connectivity index (χ0n) is 20.1. The van der Waals surface area contributed by atoms with E-state index in [1.165, 1.54) is 55.5 Å². The lowest BCUT2D eigenvalue weighted by molar-refractivity contribution is 0.0101. The molecular weight excluding hydrogens is 450 g/mol. The second-order valence-corrected chi connectivity index (χ2v) is 9.16. The quantitative estimate of drug-likeness (QED) is 0.386. The van der Waals surface area contributed by atoms with E-state index in [1.54, 1.807) is 6.92 Å². The molecule has 35 heavy (non-hydrogen) atoms. The molecule has 1 saturated carbocycles. The van der Waals surface area contributed by atoms with E-state index in [1.807, 2.05) is 18.7 Å². The molecule has 0 amide bonds. The summed E-state index contributed by atoms with van der Waals surface area (Å²) in [5.74, 6) is -0.582. The smallest absolute Gasteiger partial charge is 0.182 e. The molecule has 0 bridgehead atoms. The highest BCUT2D eigenvalue weighted by Gasteiger charge is 2.29. The topological polar surface area (TPSA) is 78.6 Å². The van der Waals surface area contributed by atoms with E-state index in [-0.39, 0.29) is 5.56 Å². The molecule has 7 nitrogen and oxygen atoms in total. The lowest BCUT2D eigenvalue weighted by Gasteiger charge is -2.22. The summed E-state index contributed by atoms with van der Waals surface area (Å²) in [4.78, 5) is 16.8. The van der Waals surface area contributed by atoms with Crippen molar-refractivity contribution in [2.75, 3.05) is 6.61 Å². The number of halogens is 2. The maximum absolute atomic E-state index is 13.9. The van der Waals surface area contributed by atoms with Crippen molar-refractivity contribution in [3.8, 4) is 11.3 Å². The minimum Gasteiger partial charge on any atom is -0.372 e. The van der Waals surface area contributed by atoms with Gasteiger partial charge >= 0.3 is 0 Å². The molecule has 0 spiro atoms. The Kier molecular flexibility index (Phi) is 6.51. The second-order valence-electron chi connectivity index (χ2n) is 9.16. The summed E-state index contributed by atoms with van der Waals surface area (Å²) in [6.07, 6.45) is 7.89. The van der Waals surface area contributed by atoms with Crippen molar-refractivity contribution >= 4 is 11.2 Å². The highest BCUT2D eigenvalue weighted by Crippen LogP contribution is 2.40. The van der Waals surface area contributed by atoms with Gasteiger partial charge in [-0.3, -0.25) is 4.68 Å². The highest BCUT2D eigenvalue weighted by atomic mass is 19.1. The maximum Gasteiger partial charge on any atom is 0.182 e. The number of benzene rings is 1. The van der Waals surface area contributed by atoms with Gasteiger partial charge in [-0.05, 0) is 64.2 Å². The van der Waals surface area contributed by atoms with Crippen LogP contribution < -0.4 is 0 Å². The number of aryl methyl sites for hydroxylation is 3. The van der Waals surface area contributed by atoms with Crippen LogP contribution >= 0.6 is 0 Å². The van der Waals surface area contributed by atoms with E-state index in [9.17, 15) is 8.78 Å². The van der Waals surface area contributed by atoms with Crippen LogP contribution in [0.5, 0.6) is 0 Å². The fraction of sp³-hybridized carbons (Fsp3) is 0.423. The lowest BCUT2D eigenvalue weighted by atomic mass is 10.1. The standard InChI is InChI=1S/C14H10F2N4.C12H18N2O/c1-7-8(2)20-14-13(19-7)12(17-6-18-14)10-4-3-9(15)5-11(10)16;1-14-11(12-4-2-3-7-15-12)8-10(13-14)9-5-6-9/h3-6H,1-2H3;8-9,12H,2-7H2,1H3. The van der Waals surface area contributed by atoms with Gasteiger partial charge < -0.3 is 4.74 Å². The van der Waals surface area contributed by atoms with Crippen LogP contribution in [0.25, 0.3) is 22.4 Å². The number of rotatable bonds is 3. The number of ether oxygens (including phenoxy) is 1. The van der Waals surface area contributed by atoms with Crippen molar-refractivity contribution in [2.45, 2.75) is 58.0 Å². The van der Waals surface area contributed by atoms with E-state index in [0.717, 1.165) is 36.4 Å². The second kappa shape index (κ2) is 9.73. The molecule has 2 aliphatic rings. The molecule has 1 aromatic carbocycles. The molecule has 2 fully saturated rings. The van der Waals surface area contributed by atoms with Crippen LogP contribution in [0.3, 0.4) is 0 Å². The summed E-state index contributed by atoms with van der Waals surface area (Å²) in [6.45, 7) is 4.54. The SMILES string of the molecule is Cc1nc2ncnc(-c3ccc(F)cc3F)c2nc1C.Cn1nc(C2CC2)cc1C1CCCCO1. The summed E-state index contributed by atoms with van der Waals surface area (Å²) >= 11 is 0. The van der Waals surface area contributed by atoms with Gasteiger partial charge in [0, 0.05) is 31.2 Å². The molecule has 1 unspecified atom stereocenters. The van der Waals surface area contributed by atoms with Gasteiger partial charge in [0.15, 0.2) is 5.65 Å². The van der Waals surface area contributed by atoms with Gasteiger partial charge in [-0.15, -0.1) is 0 Å². The normalized spacial score (nSPS) is 17.8. The van der Waals surface area contributed by atoms with Crippen molar-refractivity contribution in [3.63, 3.8) is 0 Å². The van der Waals surface area contributed by atoms with Crippen LogP contribution in [-0.2, 0) is 11.8 Å². The maximum atomic E-state index is 13.9. The molecule has 4 aromatic rings. The van der Waals surface area contributed by atoms with Gasteiger partial charge in [-0.25, -0.2) is 28.7 Å². The molecule has 0 N–H and O–H groups in total. The van der Waals surface area contributed by atoms with Gasteiger partial charge in [-0.1, -0.05) is 0 Å². The zero-order chi connectivity index (χ0) is 24.5. The third-order valence-corrected chi connectivity index (χ3v) is 6.51. The third-order valence-electron chi connectivity index (χ3n) is 6.51. The predicted octanol–water partition coefficient (Wildman–Crippen LogP) is 5.52. The molecular formula is C26H28F2N6O. The number of nitrogens with zero attached hydrogens (tertiary/aromatic N) is 6. The molecule has 1 atom stereocenters. The summed E-state index contributed by atoms with van der Waals surface area (Å²) in [5, 5.41) is 4.58. The summed E-state index contributed by atoms with van der Waals surface area (Å²) in [7, 11) is 2.04. The molecule has 1 aliphatic heterocycles. The molecule has 182 valence electrons. The predicted molar refractivity (Wildman–Crippen MR) is 128 cm³/mol. The average molecular weight is 479 g/mol.